The Hall–Kier alpha value is -3.88. The third kappa shape index (κ3) is 3.31. The Morgan fingerprint density at radius 1 is 1.00 bits per heavy atom. The molecule has 0 saturated carbocycles. The number of nitro groups is 2. The number of carbonyl (C=O) groups is 1. The van der Waals surface area contributed by atoms with Crippen LogP contribution in [0.5, 0.6) is 0 Å². The summed E-state index contributed by atoms with van der Waals surface area (Å²) < 4.78 is 0. The fourth-order valence-corrected chi connectivity index (χ4v) is 2.48. The van der Waals surface area contributed by atoms with Crippen LogP contribution in [0.3, 0.4) is 0 Å². The van der Waals surface area contributed by atoms with Crippen LogP contribution in [0.4, 0.5) is 17.1 Å². The molecule has 0 aliphatic rings. The summed E-state index contributed by atoms with van der Waals surface area (Å²) in [5.41, 5.74) is 0.472. The highest BCUT2D eigenvalue weighted by Gasteiger charge is 2.20. The van der Waals surface area contributed by atoms with Crippen LogP contribution in [0.1, 0.15) is 16.1 Å². The predicted molar refractivity (Wildman–Crippen MR) is 94.2 cm³/mol. The first-order valence-corrected chi connectivity index (χ1v) is 7.47. The maximum Gasteiger partial charge on any atom is 0.277 e. The summed E-state index contributed by atoms with van der Waals surface area (Å²) in [5.74, 6) is -0.701. The van der Waals surface area contributed by atoms with Crippen molar-refractivity contribution in [2.75, 3.05) is 5.32 Å². The fourth-order valence-electron chi connectivity index (χ4n) is 2.48. The molecule has 1 amide bonds. The molecule has 0 saturated heterocycles. The Morgan fingerprint density at radius 2 is 1.65 bits per heavy atom. The van der Waals surface area contributed by atoms with Crippen molar-refractivity contribution in [1.29, 1.82) is 0 Å². The molecule has 0 aliphatic heterocycles. The lowest BCUT2D eigenvalue weighted by Crippen LogP contribution is -2.13. The van der Waals surface area contributed by atoms with Crippen molar-refractivity contribution < 1.29 is 14.6 Å². The second kappa shape index (κ2) is 6.55. The van der Waals surface area contributed by atoms with Crippen molar-refractivity contribution in [1.82, 2.24) is 4.98 Å². The summed E-state index contributed by atoms with van der Waals surface area (Å²) in [5, 5.41) is 25.3. The van der Waals surface area contributed by atoms with E-state index >= 15 is 0 Å². The highest BCUT2D eigenvalue weighted by atomic mass is 16.6. The molecular weight excluding hydrogens is 340 g/mol. The van der Waals surface area contributed by atoms with Crippen molar-refractivity contribution in [3.63, 3.8) is 0 Å². The molecule has 0 unspecified atom stereocenters. The Kier molecular flexibility index (Phi) is 4.27. The molecule has 1 aromatic heterocycles. The van der Waals surface area contributed by atoms with Crippen LogP contribution in [0.15, 0.2) is 48.5 Å². The number of fused-ring (bicyclic) bond motifs is 1. The summed E-state index contributed by atoms with van der Waals surface area (Å²) in [4.78, 5) is 37.2. The monoisotopic (exact) mass is 352 g/mol. The molecule has 0 bridgehead atoms. The number of benzene rings is 2. The first kappa shape index (κ1) is 17.0. The molecule has 26 heavy (non-hydrogen) atoms. The van der Waals surface area contributed by atoms with Crippen molar-refractivity contribution >= 4 is 33.9 Å². The molecule has 1 N–H and O–H groups in total. The number of aromatic nitrogens is 1. The lowest BCUT2D eigenvalue weighted by molar-refractivity contribution is -0.394. The number of non-ortho nitro benzene ring substituents is 2. The highest BCUT2D eigenvalue weighted by Crippen LogP contribution is 2.25. The lowest BCUT2D eigenvalue weighted by Gasteiger charge is -2.09. The van der Waals surface area contributed by atoms with E-state index in [1.54, 1.807) is 12.1 Å². The zero-order valence-electron chi connectivity index (χ0n) is 13.5. The smallest absolute Gasteiger partial charge is 0.277 e. The van der Waals surface area contributed by atoms with Crippen molar-refractivity contribution in [2.45, 2.75) is 6.92 Å². The van der Waals surface area contributed by atoms with E-state index in [0.29, 0.717) is 11.2 Å². The summed E-state index contributed by atoms with van der Waals surface area (Å²) in [6.45, 7) is 1.81. The maximum atomic E-state index is 12.5. The van der Waals surface area contributed by atoms with Gasteiger partial charge in [-0.2, -0.15) is 0 Å². The average Bonchev–Trinajstić information content (AvgIpc) is 2.61. The highest BCUT2D eigenvalue weighted by molar-refractivity contribution is 6.08. The molecule has 2 aromatic carbocycles. The number of amides is 1. The van der Waals surface area contributed by atoms with Gasteiger partial charge in [-0.1, -0.05) is 18.2 Å². The number of anilines is 1. The first-order valence-electron chi connectivity index (χ1n) is 7.47. The molecule has 0 fully saturated rings. The van der Waals surface area contributed by atoms with Crippen molar-refractivity contribution in [3.05, 3.63) is 80.0 Å². The Labute approximate surface area is 146 Å². The van der Waals surface area contributed by atoms with Gasteiger partial charge in [0.15, 0.2) is 0 Å². The van der Waals surface area contributed by atoms with Gasteiger partial charge in [-0.15, -0.1) is 0 Å². The summed E-state index contributed by atoms with van der Waals surface area (Å²) in [6, 6.07) is 11.7. The quantitative estimate of drug-likeness (QED) is 0.564. The van der Waals surface area contributed by atoms with E-state index in [1.807, 2.05) is 25.1 Å². The zero-order chi connectivity index (χ0) is 18.8. The van der Waals surface area contributed by atoms with Gasteiger partial charge in [-0.05, 0) is 19.1 Å². The van der Waals surface area contributed by atoms with Crippen molar-refractivity contribution in [2.24, 2.45) is 0 Å². The number of hydrogen-bond donors (Lipinski definition) is 1. The first-order chi connectivity index (χ1) is 12.3. The number of carbonyl (C=O) groups excluding carboxylic acids is 1. The standard InChI is InChI=1S/C17H12N4O5/c1-10-5-6-11-3-2-4-15(16(11)18-10)19-17(22)12-7-13(20(23)24)9-14(8-12)21(25)26/h2-9H,1H3,(H,19,22). The van der Waals surface area contributed by atoms with E-state index < -0.39 is 27.1 Å². The van der Waals surface area contributed by atoms with Crippen LogP contribution < -0.4 is 5.32 Å². The molecule has 0 spiro atoms. The van der Waals surface area contributed by atoms with E-state index in [0.717, 1.165) is 29.3 Å². The SMILES string of the molecule is Cc1ccc2cccc(NC(=O)c3cc([N+](=O)[O-])cc([N+](=O)[O-])c3)c2n1. The van der Waals surface area contributed by atoms with Gasteiger partial charge in [-0.3, -0.25) is 30.0 Å². The molecular formula is C17H12N4O5. The summed E-state index contributed by atoms with van der Waals surface area (Å²) in [6.07, 6.45) is 0. The normalized spacial score (nSPS) is 10.5. The van der Waals surface area contributed by atoms with E-state index in [9.17, 15) is 25.0 Å². The van der Waals surface area contributed by atoms with Crippen LogP contribution in [-0.2, 0) is 0 Å². The minimum atomic E-state index is -0.785. The largest absolute Gasteiger partial charge is 0.320 e. The van der Waals surface area contributed by atoms with E-state index in [2.05, 4.69) is 10.3 Å². The average molecular weight is 352 g/mol. The Balaban J connectivity index is 2.02. The van der Waals surface area contributed by atoms with E-state index in [4.69, 9.17) is 0 Å². The van der Waals surface area contributed by atoms with Gasteiger partial charge in [0.25, 0.3) is 17.3 Å². The number of para-hydroxylation sites is 1. The molecule has 9 heteroatoms. The van der Waals surface area contributed by atoms with Gasteiger partial charge in [0.1, 0.15) is 0 Å². The van der Waals surface area contributed by atoms with Crippen LogP contribution in [0.2, 0.25) is 0 Å². The van der Waals surface area contributed by atoms with Gasteiger partial charge >= 0.3 is 0 Å². The Morgan fingerprint density at radius 3 is 2.27 bits per heavy atom. The minimum absolute atomic E-state index is 0.185. The van der Waals surface area contributed by atoms with Crippen LogP contribution in [0, 0.1) is 27.2 Å². The number of pyridine rings is 1. The van der Waals surface area contributed by atoms with Gasteiger partial charge in [0.2, 0.25) is 0 Å². The zero-order valence-corrected chi connectivity index (χ0v) is 13.5. The number of nitro benzene ring substituents is 2. The molecule has 0 aliphatic carbocycles. The van der Waals surface area contributed by atoms with Crippen LogP contribution in [0.25, 0.3) is 10.9 Å². The summed E-state index contributed by atoms with van der Waals surface area (Å²) >= 11 is 0. The number of nitrogens with one attached hydrogen (secondary N) is 1. The summed E-state index contributed by atoms with van der Waals surface area (Å²) in [7, 11) is 0. The number of rotatable bonds is 4. The van der Waals surface area contributed by atoms with E-state index in [1.165, 1.54) is 0 Å². The van der Waals surface area contributed by atoms with Crippen molar-refractivity contribution in [3.8, 4) is 0 Å². The third-order valence-corrected chi connectivity index (χ3v) is 3.69. The molecule has 0 atom stereocenters. The molecule has 3 rings (SSSR count). The molecule has 0 radical (unpaired) electrons. The lowest BCUT2D eigenvalue weighted by atomic mass is 10.1. The molecule has 1 heterocycles. The third-order valence-electron chi connectivity index (χ3n) is 3.69. The van der Waals surface area contributed by atoms with E-state index in [-0.39, 0.29) is 5.56 Å². The maximum absolute atomic E-state index is 12.5. The number of hydrogen-bond acceptors (Lipinski definition) is 6. The second-order valence-electron chi connectivity index (χ2n) is 5.54. The van der Waals surface area contributed by atoms with Gasteiger partial charge in [-0.25, -0.2) is 0 Å². The fraction of sp³-hybridized carbons (Fsp3) is 0.0588. The van der Waals surface area contributed by atoms with Crippen LogP contribution >= 0.6 is 0 Å². The van der Waals surface area contributed by atoms with Gasteiger partial charge in [0, 0.05) is 23.2 Å². The molecule has 3 aromatic rings. The second-order valence-corrected chi connectivity index (χ2v) is 5.54. The van der Waals surface area contributed by atoms with Crippen LogP contribution in [-0.4, -0.2) is 20.7 Å². The van der Waals surface area contributed by atoms with Gasteiger partial charge in [0.05, 0.1) is 32.7 Å². The number of aryl methyl sites for hydroxylation is 1. The van der Waals surface area contributed by atoms with Gasteiger partial charge < -0.3 is 5.32 Å². The topological polar surface area (TPSA) is 128 Å². The predicted octanol–water partition coefficient (Wildman–Crippen LogP) is 3.61. The number of nitrogens with zero attached hydrogens (tertiary/aromatic N) is 3. The molecule has 9 nitrogen and oxygen atoms in total. The molecule has 130 valence electrons. The minimum Gasteiger partial charge on any atom is -0.320 e. The Bertz CT molecular complexity index is 1030.